The molecule has 3 amide bonds. The molecule has 2 aromatic carbocycles. The van der Waals surface area contributed by atoms with Crippen LogP contribution in [0, 0.1) is 0 Å². The van der Waals surface area contributed by atoms with Crippen LogP contribution in [0.1, 0.15) is 77.9 Å². The first kappa shape index (κ1) is 26.9. The van der Waals surface area contributed by atoms with Gasteiger partial charge in [0.2, 0.25) is 5.91 Å². The van der Waals surface area contributed by atoms with Crippen molar-refractivity contribution in [3.05, 3.63) is 76.4 Å². The van der Waals surface area contributed by atoms with Crippen LogP contribution >= 0.6 is 11.5 Å². The number of para-hydroxylation sites is 1. The molecule has 0 saturated carbocycles. The summed E-state index contributed by atoms with van der Waals surface area (Å²) in [4.78, 5) is 44.7. The Balaban J connectivity index is 1.96. The molecule has 0 saturated heterocycles. The zero-order valence-corrected chi connectivity index (χ0v) is 22.8. The molecule has 0 spiro atoms. The fourth-order valence-corrected chi connectivity index (χ4v) is 5.04. The van der Waals surface area contributed by atoms with Crippen LogP contribution in [0.3, 0.4) is 0 Å². The van der Waals surface area contributed by atoms with Crippen molar-refractivity contribution in [3.8, 4) is 0 Å². The number of H-pyrrole nitrogens is 1. The number of hydrogen-bond donors (Lipinski definition) is 4. The van der Waals surface area contributed by atoms with E-state index in [1.54, 1.807) is 6.20 Å². The number of primary amides is 1. The summed E-state index contributed by atoms with van der Waals surface area (Å²) in [6.45, 7) is 9.78. The van der Waals surface area contributed by atoms with Crippen LogP contribution < -0.4 is 21.7 Å². The molecule has 0 bridgehead atoms. The van der Waals surface area contributed by atoms with E-state index in [9.17, 15) is 14.4 Å². The predicted molar refractivity (Wildman–Crippen MR) is 151 cm³/mol. The van der Waals surface area contributed by atoms with Gasteiger partial charge in [0.15, 0.2) is 5.69 Å². The van der Waals surface area contributed by atoms with Crippen molar-refractivity contribution in [2.75, 3.05) is 10.6 Å². The second-order valence-electron chi connectivity index (χ2n) is 10.5. The molecular formula is C28H32N6O3S. The van der Waals surface area contributed by atoms with Gasteiger partial charge in [-0.1, -0.05) is 44.2 Å². The smallest absolute Gasteiger partial charge is 0.273 e. The molecule has 0 radical (unpaired) electrons. The molecule has 2 heterocycles. The van der Waals surface area contributed by atoms with Crippen LogP contribution in [-0.4, -0.2) is 32.6 Å². The minimum absolute atomic E-state index is 0.0279. The Morgan fingerprint density at radius 2 is 1.71 bits per heavy atom. The first-order valence-corrected chi connectivity index (χ1v) is 13.0. The summed E-state index contributed by atoms with van der Waals surface area (Å²) in [5.41, 5.74) is 13.7. The van der Waals surface area contributed by atoms with Gasteiger partial charge in [0.05, 0.1) is 5.69 Å². The summed E-state index contributed by atoms with van der Waals surface area (Å²) < 4.78 is 4.01. The second kappa shape index (κ2) is 10.3. The standard InChI is InChI=1S/C28H32N6O3S/c1-15(2)16-10-12-17(13-11-16)34(27(37)24-21(29)22(25(30)35)33-38-24)23(26(36)32-28(3,4)5)19-14-31-20-9-7-6-8-18(19)20/h6-15,23,31H,29H2,1-5H3,(H2,30,35)(H,32,36)/t23-/m0/s1. The Labute approximate surface area is 225 Å². The van der Waals surface area contributed by atoms with E-state index in [1.807, 2.05) is 69.3 Å². The Morgan fingerprint density at radius 3 is 2.29 bits per heavy atom. The highest BCUT2D eigenvalue weighted by molar-refractivity contribution is 7.09. The minimum Gasteiger partial charge on any atom is -0.395 e. The Bertz CT molecular complexity index is 1500. The van der Waals surface area contributed by atoms with Crippen molar-refractivity contribution >= 4 is 51.5 Å². The van der Waals surface area contributed by atoms with Crippen LogP contribution in [0.25, 0.3) is 10.9 Å². The lowest BCUT2D eigenvalue weighted by Crippen LogP contribution is -2.49. The Hall–Kier alpha value is -4.18. The van der Waals surface area contributed by atoms with Crippen molar-refractivity contribution in [2.24, 2.45) is 5.73 Å². The van der Waals surface area contributed by atoms with Gasteiger partial charge in [0, 0.05) is 33.9 Å². The SMILES string of the molecule is CC(C)c1ccc(N(C(=O)c2snc(C(N)=O)c2N)[C@H](C(=O)NC(C)(C)C)c2c[nH]c3ccccc23)cc1. The highest BCUT2D eigenvalue weighted by Crippen LogP contribution is 2.36. The number of nitrogens with one attached hydrogen (secondary N) is 2. The summed E-state index contributed by atoms with van der Waals surface area (Å²) in [7, 11) is 0. The largest absolute Gasteiger partial charge is 0.395 e. The lowest BCUT2D eigenvalue weighted by atomic mass is 9.98. The van der Waals surface area contributed by atoms with Gasteiger partial charge < -0.3 is 21.8 Å². The quantitative estimate of drug-likeness (QED) is 0.272. The van der Waals surface area contributed by atoms with Crippen LogP contribution in [-0.2, 0) is 4.79 Å². The first-order chi connectivity index (χ1) is 17.9. The van der Waals surface area contributed by atoms with Crippen molar-refractivity contribution in [2.45, 2.75) is 52.1 Å². The summed E-state index contributed by atoms with van der Waals surface area (Å²) in [5, 5.41) is 3.83. The third-order valence-corrected chi connectivity index (χ3v) is 6.98. The summed E-state index contributed by atoms with van der Waals surface area (Å²) in [6.07, 6.45) is 1.74. The van der Waals surface area contributed by atoms with E-state index in [0.717, 1.165) is 28.0 Å². The molecular weight excluding hydrogens is 500 g/mol. The molecule has 9 nitrogen and oxygen atoms in total. The number of fused-ring (bicyclic) bond motifs is 1. The van der Waals surface area contributed by atoms with E-state index in [0.29, 0.717) is 11.3 Å². The van der Waals surface area contributed by atoms with Crippen molar-refractivity contribution in [3.63, 3.8) is 0 Å². The van der Waals surface area contributed by atoms with Crippen molar-refractivity contribution in [1.82, 2.24) is 14.7 Å². The van der Waals surface area contributed by atoms with Gasteiger partial charge in [0.25, 0.3) is 11.8 Å². The fraction of sp³-hybridized carbons (Fsp3) is 0.286. The lowest BCUT2D eigenvalue weighted by molar-refractivity contribution is -0.123. The number of nitrogens with two attached hydrogens (primary N) is 2. The summed E-state index contributed by atoms with van der Waals surface area (Å²) in [6, 6.07) is 14.0. The number of aromatic nitrogens is 2. The molecule has 0 aliphatic carbocycles. The Kier molecular flexibility index (Phi) is 7.28. The van der Waals surface area contributed by atoms with E-state index < -0.39 is 23.4 Å². The van der Waals surface area contributed by atoms with E-state index in [2.05, 4.69) is 28.5 Å². The van der Waals surface area contributed by atoms with Crippen LogP contribution in [0.5, 0.6) is 0 Å². The summed E-state index contributed by atoms with van der Waals surface area (Å²) >= 11 is 0.780. The Morgan fingerprint density at radius 1 is 1.05 bits per heavy atom. The normalized spacial score (nSPS) is 12.5. The summed E-state index contributed by atoms with van der Waals surface area (Å²) in [5.74, 6) is -1.49. The molecule has 4 rings (SSSR count). The van der Waals surface area contributed by atoms with E-state index >= 15 is 0 Å². The number of nitrogens with zero attached hydrogens (tertiary/aromatic N) is 2. The number of benzene rings is 2. The predicted octanol–water partition coefficient (Wildman–Crippen LogP) is 4.73. The van der Waals surface area contributed by atoms with E-state index in [-0.39, 0.29) is 28.1 Å². The molecule has 198 valence electrons. The lowest BCUT2D eigenvalue weighted by Gasteiger charge is -2.33. The van der Waals surface area contributed by atoms with Gasteiger partial charge in [-0.25, -0.2) is 0 Å². The molecule has 6 N–H and O–H groups in total. The van der Waals surface area contributed by atoms with Crippen LogP contribution in [0.2, 0.25) is 0 Å². The minimum atomic E-state index is -1.07. The third kappa shape index (κ3) is 5.26. The van der Waals surface area contributed by atoms with E-state index in [4.69, 9.17) is 11.5 Å². The molecule has 1 atom stereocenters. The van der Waals surface area contributed by atoms with Gasteiger partial charge >= 0.3 is 0 Å². The molecule has 38 heavy (non-hydrogen) atoms. The topological polar surface area (TPSA) is 147 Å². The maximum atomic E-state index is 14.2. The zero-order chi connectivity index (χ0) is 27.8. The van der Waals surface area contributed by atoms with Crippen LogP contribution in [0.4, 0.5) is 11.4 Å². The first-order valence-electron chi connectivity index (χ1n) is 12.3. The van der Waals surface area contributed by atoms with Crippen LogP contribution in [0.15, 0.2) is 54.7 Å². The maximum Gasteiger partial charge on any atom is 0.273 e. The molecule has 4 aromatic rings. The number of amides is 3. The van der Waals surface area contributed by atoms with Crippen molar-refractivity contribution < 1.29 is 14.4 Å². The van der Waals surface area contributed by atoms with Gasteiger partial charge in [-0.2, -0.15) is 4.37 Å². The average molecular weight is 533 g/mol. The number of anilines is 2. The second-order valence-corrected chi connectivity index (χ2v) is 11.3. The molecule has 0 aliphatic heterocycles. The van der Waals surface area contributed by atoms with Gasteiger partial charge in [-0.3, -0.25) is 19.3 Å². The monoisotopic (exact) mass is 532 g/mol. The number of nitrogen functional groups attached to an aromatic ring is 1. The average Bonchev–Trinajstić information content (AvgIpc) is 3.44. The molecule has 0 aliphatic rings. The number of carbonyl (C=O) groups is 3. The number of rotatable bonds is 7. The zero-order valence-electron chi connectivity index (χ0n) is 22.0. The molecule has 0 fully saturated rings. The van der Waals surface area contributed by atoms with Gasteiger partial charge in [-0.05, 0) is 62.0 Å². The number of aromatic amines is 1. The third-order valence-electron chi connectivity index (χ3n) is 6.13. The number of carbonyl (C=O) groups excluding carboxylic acids is 3. The highest BCUT2D eigenvalue weighted by atomic mass is 32.1. The molecule has 0 unspecified atom stereocenters. The molecule has 2 aromatic heterocycles. The van der Waals surface area contributed by atoms with Gasteiger partial charge in [0.1, 0.15) is 10.9 Å². The van der Waals surface area contributed by atoms with Gasteiger partial charge in [-0.15, -0.1) is 0 Å². The highest BCUT2D eigenvalue weighted by Gasteiger charge is 2.38. The molecule has 10 heteroatoms. The maximum absolute atomic E-state index is 14.2. The van der Waals surface area contributed by atoms with E-state index in [1.165, 1.54) is 4.90 Å². The van der Waals surface area contributed by atoms with Crippen molar-refractivity contribution in [1.29, 1.82) is 0 Å². The fourth-order valence-electron chi connectivity index (χ4n) is 4.30. The number of hydrogen-bond acceptors (Lipinski definition) is 6.